The second-order valence-corrected chi connectivity index (χ2v) is 4.41. The summed E-state index contributed by atoms with van der Waals surface area (Å²) in [6.07, 6.45) is -4.66. The van der Waals surface area contributed by atoms with Crippen molar-refractivity contribution < 1.29 is 22.0 Å². The molecule has 0 aliphatic rings. The molecule has 19 heavy (non-hydrogen) atoms. The summed E-state index contributed by atoms with van der Waals surface area (Å²) in [6, 6.07) is 3.53. The molecule has 0 radical (unpaired) electrons. The number of benzene rings is 1. The molecule has 1 nitrogen and oxygen atoms in total. The zero-order chi connectivity index (χ0) is 14.5. The van der Waals surface area contributed by atoms with Crippen molar-refractivity contribution in [1.29, 1.82) is 0 Å². The summed E-state index contributed by atoms with van der Waals surface area (Å²) in [5.41, 5.74) is 0.173. The van der Waals surface area contributed by atoms with E-state index in [4.69, 9.17) is 0 Å². The molecule has 1 unspecified atom stereocenters. The quantitative estimate of drug-likeness (QED) is 0.781. The Morgan fingerprint density at radius 1 is 1.21 bits per heavy atom. The average molecular weight is 281 g/mol. The highest BCUT2D eigenvalue weighted by atomic mass is 19.4. The highest BCUT2D eigenvalue weighted by Crippen LogP contribution is 2.23. The van der Waals surface area contributed by atoms with Gasteiger partial charge in [-0.05, 0) is 37.9 Å². The lowest BCUT2D eigenvalue weighted by Crippen LogP contribution is -2.28. The Hall–Kier alpha value is -1.17. The normalized spacial score (nSPS) is 13.6. The molecule has 0 saturated heterocycles. The summed E-state index contributed by atoms with van der Waals surface area (Å²) in [5.74, 6) is -1.87. The molecule has 0 spiro atoms. The van der Waals surface area contributed by atoms with Crippen molar-refractivity contribution in [3.05, 3.63) is 35.4 Å². The Balaban J connectivity index is 2.55. The van der Waals surface area contributed by atoms with E-state index < -0.39 is 24.2 Å². The number of halogens is 5. The summed E-state index contributed by atoms with van der Waals surface area (Å²) in [4.78, 5) is 0. The molecule has 108 valence electrons. The van der Waals surface area contributed by atoms with Gasteiger partial charge in [0, 0.05) is 12.5 Å². The monoisotopic (exact) mass is 281 g/mol. The van der Waals surface area contributed by atoms with E-state index in [-0.39, 0.29) is 30.9 Å². The number of nitrogens with one attached hydrogen (secondary N) is 1. The number of likely N-dealkylation sites (N-methyl/N-ethyl adjacent to an activating group) is 1. The highest BCUT2D eigenvalue weighted by molar-refractivity contribution is 5.20. The third kappa shape index (κ3) is 5.55. The van der Waals surface area contributed by atoms with E-state index in [1.54, 1.807) is 7.05 Å². The zero-order valence-electron chi connectivity index (χ0n) is 10.5. The Morgan fingerprint density at radius 2 is 1.89 bits per heavy atom. The molecular weight excluding hydrogens is 265 g/mol. The molecule has 1 aromatic rings. The molecule has 1 rings (SSSR count). The first-order chi connectivity index (χ1) is 8.83. The third-order valence-electron chi connectivity index (χ3n) is 2.92. The molecule has 0 saturated carbocycles. The van der Waals surface area contributed by atoms with E-state index in [1.807, 2.05) is 0 Å². The molecule has 0 aromatic heterocycles. The fourth-order valence-electron chi connectivity index (χ4n) is 1.87. The standard InChI is InChI=1S/C13H16F5N/c1-19-10(5-3-7-13(16,17)18)8-9-4-2-6-11(14)12(9)15/h2,4,6,10,19H,3,5,7-8H2,1H3. The van der Waals surface area contributed by atoms with Gasteiger partial charge >= 0.3 is 6.18 Å². The summed E-state index contributed by atoms with van der Waals surface area (Å²) in [5, 5.41) is 2.83. The minimum Gasteiger partial charge on any atom is -0.317 e. The lowest BCUT2D eigenvalue weighted by Gasteiger charge is -2.17. The molecular formula is C13H16F5N. The molecule has 0 heterocycles. The molecule has 6 heteroatoms. The van der Waals surface area contributed by atoms with Gasteiger partial charge in [-0.3, -0.25) is 0 Å². The van der Waals surface area contributed by atoms with E-state index >= 15 is 0 Å². The first kappa shape index (κ1) is 15.9. The van der Waals surface area contributed by atoms with Crippen LogP contribution in [0.2, 0.25) is 0 Å². The minimum atomic E-state index is -4.18. The summed E-state index contributed by atoms with van der Waals surface area (Å²) in [6.45, 7) is 0. The van der Waals surface area contributed by atoms with Crippen LogP contribution in [0.15, 0.2) is 18.2 Å². The predicted molar refractivity (Wildman–Crippen MR) is 62.8 cm³/mol. The third-order valence-corrected chi connectivity index (χ3v) is 2.92. The maximum absolute atomic E-state index is 13.4. The fraction of sp³-hybridized carbons (Fsp3) is 0.538. The van der Waals surface area contributed by atoms with E-state index in [9.17, 15) is 22.0 Å². The molecule has 1 aromatic carbocycles. The fourth-order valence-corrected chi connectivity index (χ4v) is 1.87. The Labute approximate surface area is 108 Å². The molecule has 0 amide bonds. The van der Waals surface area contributed by atoms with Gasteiger partial charge in [-0.25, -0.2) is 8.78 Å². The number of hydrogen-bond acceptors (Lipinski definition) is 1. The second kappa shape index (κ2) is 6.84. The highest BCUT2D eigenvalue weighted by Gasteiger charge is 2.26. The largest absolute Gasteiger partial charge is 0.389 e. The van der Waals surface area contributed by atoms with E-state index in [1.165, 1.54) is 12.1 Å². The van der Waals surface area contributed by atoms with E-state index in [2.05, 4.69) is 5.32 Å². The first-order valence-corrected chi connectivity index (χ1v) is 6.00. The lowest BCUT2D eigenvalue weighted by molar-refractivity contribution is -0.135. The Morgan fingerprint density at radius 3 is 2.47 bits per heavy atom. The van der Waals surface area contributed by atoms with Crippen molar-refractivity contribution >= 4 is 0 Å². The smallest absolute Gasteiger partial charge is 0.317 e. The molecule has 0 aliphatic heterocycles. The van der Waals surface area contributed by atoms with Crippen molar-refractivity contribution in [2.24, 2.45) is 0 Å². The predicted octanol–water partition coefficient (Wildman–Crippen LogP) is 3.83. The van der Waals surface area contributed by atoms with Crippen molar-refractivity contribution in [3.8, 4) is 0 Å². The summed E-state index contributed by atoms with van der Waals surface area (Å²) >= 11 is 0. The van der Waals surface area contributed by atoms with Crippen molar-refractivity contribution in [3.63, 3.8) is 0 Å². The molecule has 0 fully saturated rings. The van der Waals surface area contributed by atoms with Crippen LogP contribution in [0.25, 0.3) is 0 Å². The molecule has 1 N–H and O–H groups in total. The van der Waals surface area contributed by atoms with Crippen LogP contribution in [0.4, 0.5) is 22.0 Å². The van der Waals surface area contributed by atoms with Gasteiger partial charge in [0.1, 0.15) is 0 Å². The average Bonchev–Trinajstić information content (AvgIpc) is 2.32. The van der Waals surface area contributed by atoms with Gasteiger partial charge in [0.2, 0.25) is 0 Å². The van der Waals surface area contributed by atoms with Gasteiger partial charge in [-0.15, -0.1) is 0 Å². The second-order valence-electron chi connectivity index (χ2n) is 4.41. The van der Waals surface area contributed by atoms with Gasteiger partial charge in [0.25, 0.3) is 0 Å². The van der Waals surface area contributed by atoms with Gasteiger partial charge in [-0.2, -0.15) is 13.2 Å². The van der Waals surface area contributed by atoms with Crippen LogP contribution in [0, 0.1) is 11.6 Å². The van der Waals surface area contributed by atoms with E-state index in [0.29, 0.717) is 0 Å². The van der Waals surface area contributed by atoms with Crippen molar-refractivity contribution in [2.75, 3.05) is 7.05 Å². The van der Waals surface area contributed by atoms with Crippen molar-refractivity contribution in [1.82, 2.24) is 5.32 Å². The Kier molecular flexibility index (Phi) is 5.72. The topological polar surface area (TPSA) is 12.0 Å². The maximum Gasteiger partial charge on any atom is 0.389 e. The summed E-state index contributed by atoms with van der Waals surface area (Å²) in [7, 11) is 1.59. The van der Waals surface area contributed by atoms with Crippen LogP contribution in [0.1, 0.15) is 24.8 Å². The van der Waals surface area contributed by atoms with Gasteiger partial charge in [0.15, 0.2) is 11.6 Å². The summed E-state index contributed by atoms with van der Waals surface area (Å²) < 4.78 is 62.5. The maximum atomic E-state index is 13.4. The minimum absolute atomic E-state index is 0.0358. The van der Waals surface area contributed by atoms with Gasteiger partial charge < -0.3 is 5.32 Å². The number of hydrogen-bond donors (Lipinski definition) is 1. The molecule has 1 atom stereocenters. The van der Waals surface area contributed by atoms with E-state index in [0.717, 1.165) is 6.07 Å². The SMILES string of the molecule is CNC(CCCC(F)(F)F)Cc1cccc(F)c1F. The van der Waals surface area contributed by atoms with Crippen LogP contribution in [0.5, 0.6) is 0 Å². The van der Waals surface area contributed by atoms with Crippen LogP contribution in [0.3, 0.4) is 0 Å². The number of alkyl halides is 3. The van der Waals surface area contributed by atoms with Crippen LogP contribution in [-0.4, -0.2) is 19.3 Å². The Bertz CT molecular complexity index is 403. The molecule has 0 bridgehead atoms. The van der Waals surface area contributed by atoms with Crippen molar-refractivity contribution in [2.45, 2.75) is 37.9 Å². The lowest BCUT2D eigenvalue weighted by atomic mass is 10.0. The first-order valence-electron chi connectivity index (χ1n) is 6.00. The molecule has 0 aliphatic carbocycles. The van der Waals surface area contributed by atoms with Gasteiger partial charge in [0.05, 0.1) is 0 Å². The van der Waals surface area contributed by atoms with Gasteiger partial charge in [-0.1, -0.05) is 12.1 Å². The van der Waals surface area contributed by atoms with Crippen LogP contribution >= 0.6 is 0 Å². The van der Waals surface area contributed by atoms with Crippen LogP contribution in [-0.2, 0) is 6.42 Å². The number of rotatable bonds is 6. The van der Waals surface area contributed by atoms with Crippen LogP contribution < -0.4 is 5.32 Å². The zero-order valence-corrected chi connectivity index (χ0v) is 10.5.